The Labute approximate surface area is 143 Å². The Morgan fingerprint density at radius 3 is 2.58 bits per heavy atom. The molecule has 0 aliphatic carbocycles. The first-order valence-electron chi connectivity index (χ1n) is 8.83. The lowest BCUT2D eigenvalue weighted by atomic mass is 9.88. The summed E-state index contributed by atoms with van der Waals surface area (Å²) in [5, 5.41) is 0. The van der Waals surface area contributed by atoms with E-state index in [9.17, 15) is 4.79 Å². The molecule has 0 spiro atoms. The van der Waals surface area contributed by atoms with Gasteiger partial charge in [-0.3, -0.25) is 9.69 Å². The van der Waals surface area contributed by atoms with E-state index in [4.69, 9.17) is 0 Å². The van der Waals surface area contributed by atoms with E-state index in [1.54, 1.807) is 0 Å². The third-order valence-electron chi connectivity index (χ3n) is 5.54. The minimum atomic E-state index is 0.202. The molecule has 0 unspecified atom stereocenters. The highest BCUT2D eigenvalue weighted by Crippen LogP contribution is 2.33. The van der Waals surface area contributed by atoms with Crippen LogP contribution < -0.4 is 0 Å². The highest BCUT2D eigenvalue weighted by Gasteiger charge is 2.41. The summed E-state index contributed by atoms with van der Waals surface area (Å²) < 4.78 is 0. The average molecular weight is 320 g/mol. The molecule has 0 N–H and O–H groups in total. The summed E-state index contributed by atoms with van der Waals surface area (Å²) in [5.41, 5.74) is 3.92. The number of amides is 1. The maximum absolute atomic E-state index is 12.4. The van der Waals surface area contributed by atoms with Crippen LogP contribution in [0.3, 0.4) is 0 Å². The molecule has 24 heavy (non-hydrogen) atoms. The summed E-state index contributed by atoms with van der Waals surface area (Å²) in [6, 6.07) is 19.2. The molecule has 4 rings (SSSR count). The number of piperidine rings is 1. The molecule has 3 heteroatoms. The summed E-state index contributed by atoms with van der Waals surface area (Å²) >= 11 is 0. The Balaban J connectivity index is 1.54. The van der Waals surface area contributed by atoms with Gasteiger partial charge in [-0.2, -0.15) is 0 Å². The van der Waals surface area contributed by atoms with E-state index in [2.05, 4.69) is 59.5 Å². The summed E-state index contributed by atoms with van der Waals surface area (Å²) in [5.74, 6) is 1.08. The van der Waals surface area contributed by atoms with Crippen molar-refractivity contribution in [1.29, 1.82) is 0 Å². The molecule has 2 saturated heterocycles. The van der Waals surface area contributed by atoms with Crippen molar-refractivity contribution in [3.8, 4) is 11.1 Å². The van der Waals surface area contributed by atoms with E-state index in [0.717, 1.165) is 32.6 Å². The molecule has 0 bridgehead atoms. The van der Waals surface area contributed by atoms with Crippen LogP contribution in [-0.2, 0) is 11.3 Å². The maximum Gasteiger partial charge on any atom is 0.227 e. The average Bonchev–Trinajstić information content (AvgIpc) is 3.03. The monoisotopic (exact) mass is 320 g/mol. The van der Waals surface area contributed by atoms with Crippen molar-refractivity contribution in [2.24, 2.45) is 11.8 Å². The molecule has 2 fully saturated rings. The number of rotatable bonds is 3. The van der Waals surface area contributed by atoms with Crippen molar-refractivity contribution in [2.75, 3.05) is 26.7 Å². The van der Waals surface area contributed by atoms with Crippen molar-refractivity contribution in [3.63, 3.8) is 0 Å². The van der Waals surface area contributed by atoms with Gasteiger partial charge in [0.05, 0.1) is 5.92 Å². The van der Waals surface area contributed by atoms with Crippen molar-refractivity contribution >= 4 is 5.91 Å². The standard InChI is InChI=1S/C21H24N2O/c1-22-12-11-18-14-23(15-20(18)21(22)24)13-17-9-5-6-10-19(17)16-7-3-2-4-8-16/h2-10,18,20H,11-15H2,1H3/t18-,20+/m1/s1. The highest BCUT2D eigenvalue weighted by molar-refractivity contribution is 5.80. The van der Waals surface area contributed by atoms with Crippen LogP contribution in [0.25, 0.3) is 11.1 Å². The second-order valence-corrected chi connectivity index (χ2v) is 7.13. The van der Waals surface area contributed by atoms with Gasteiger partial charge in [-0.1, -0.05) is 54.6 Å². The van der Waals surface area contributed by atoms with E-state index in [0.29, 0.717) is 11.8 Å². The molecular formula is C21H24N2O. The van der Waals surface area contributed by atoms with Crippen molar-refractivity contribution < 1.29 is 4.79 Å². The van der Waals surface area contributed by atoms with Crippen LogP contribution in [-0.4, -0.2) is 42.4 Å². The molecular weight excluding hydrogens is 296 g/mol. The number of likely N-dealkylation sites (tertiary alicyclic amines) is 2. The van der Waals surface area contributed by atoms with Crippen LogP contribution in [0, 0.1) is 11.8 Å². The molecule has 2 aromatic rings. The summed E-state index contributed by atoms with van der Waals surface area (Å²) in [6.07, 6.45) is 1.14. The van der Waals surface area contributed by atoms with Crippen LogP contribution >= 0.6 is 0 Å². The molecule has 0 saturated carbocycles. The lowest BCUT2D eigenvalue weighted by molar-refractivity contribution is -0.137. The zero-order valence-electron chi connectivity index (χ0n) is 14.2. The highest BCUT2D eigenvalue weighted by atomic mass is 16.2. The normalized spacial score (nSPS) is 24.2. The summed E-state index contributed by atoms with van der Waals surface area (Å²) in [6.45, 7) is 3.79. The zero-order valence-corrected chi connectivity index (χ0v) is 14.2. The molecule has 2 heterocycles. The van der Waals surface area contributed by atoms with Crippen molar-refractivity contribution in [1.82, 2.24) is 9.80 Å². The van der Waals surface area contributed by atoms with Gasteiger partial charge in [0.1, 0.15) is 0 Å². The first kappa shape index (κ1) is 15.4. The van der Waals surface area contributed by atoms with Crippen LogP contribution in [0.15, 0.2) is 54.6 Å². The van der Waals surface area contributed by atoms with Crippen LogP contribution in [0.1, 0.15) is 12.0 Å². The fourth-order valence-electron chi connectivity index (χ4n) is 4.21. The number of carbonyl (C=O) groups is 1. The molecule has 2 atom stereocenters. The third kappa shape index (κ3) is 2.84. The largest absolute Gasteiger partial charge is 0.345 e. The topological polar surface area (TPSA) is 23.6 Å². The lowest BCUT2D eigenvalue weighted by Crippen LogP contribution is -2.42. The van der Waals surface area contributed by atoms with Crippen molar-refractivity contribution in [3.05, 3.63) is 60.2 Å². The number of benzene rings is 2. The van der Waals surface area contributed by atoms with Crippen molar-refractivity contribution in [2.45, 2.75) is 13.0 Å². The molecule has 0 aromatic heterocycles. The van der Waals surface area contributed by atoms with Crippen LogP contribution in [0.5, 0.6) is 0 Å². The number of nitrogens with zero attached hydrogens (tertiary/aromatic N) is 2. The summed E-state index contributed by atoms with van der Waals surface area (Å²) in [7, 11) is 1.94. The second-order valence-electron chi connectivity index (χ2n) is 7.13. The van der Waals surface area contributed by atoms with Gasteiger partial charge in [0.2, 0.25) is 5.91 Å². The molecule has 2 aliphatic rings. The van der Waals surface area contributed by atoms with Gasteiger partial charge in [0, 0.05) is 33.2 Å². The van der Waals surface area contributed by atoms with Gasteiger partial charge >= 0.3 is 0 Å². The van der Waals surface area contributed by atoms with Gasteiger partial charge in [0.15, 0.2) is 0 Å². The van der Waals surface area contributed by atoms with E-state index in [-0.39, 0.29) is 5.92 Å². The van der Waals surface area contributed by atoms with Gasteiger partial charge in [-0.05, 0) is 29.0 Å². The maximum atomic E-state index is 12.4. The third-order valence-corrected chi connectivity index (χ3v) is 5.54. The first-order chi connectivity index (χ1) is 11.7. The number of carbonyl (C=O) groups excluding carboxylic acids is 1. The van der Waals surface area contributed by atoms with E-state index in [1.807, 2.05) is 11.9 Å². The molecule has 3 nitrogen and oxygen atoms in total. The minimum Gasteiger partial charge on any atom is -0.345 e. The summed E-state index contributed by atoms with van der Waals surface area (Å²) in [4.78, 5) is 16.8. The molecule has 124 valence electrons. The molecule has 1 amide bonds. The first-order valence-corrected chi connectivity index (χ1v) is 8.83. The fourth-order valence-corrected chi connectivity index (χ4v) is 4.21. The van der Waals surface area contributed by atoms with Gasteiger partial charge < -0.3 is 4.90 Å². The fraction of sp³-hybridized carbons (Fsp3) is 0.381. The van der Waals surface area contributed by atoms with E-state index >= 15 is 0 Å². The molecule has 2 aliphatic heterocycles. The predicted molar refractivity (Wildman–Crippen MR) is 96.4 cm³/mol. The quantitative estimate of drug-likeness (QED) is 0.866. The zero-order chi connectivity index (χ0) is 16.5. The number of hydrogen-bond donors (Lipinski definition) is 0. The molecule has 0 radical (unpaired) electrons. The Bertz CT molecular complexity index is 728. The van der Waals surface area contributed by atoms with Gasteiger partial charge in [-0.25, -0.2) is 0 Å². The van der Waals surface area contributed by atoms with Crippen LogP contribution in [0.4, 0.5) is 0 Å². The number of fused-ring (bicyclic) bond motifs is 1. The Kier molecular flexibility index (Phi) is 4.11. The van der Waals surface area contributed by atoms with Gasteiger partial charge in [-0.15, -0.1) is 0 Å². The second kappa shape index (κ2) is 6.40. The molecule has 2 aromatic carbocycles. The Morgan fingerprint density at radius 1 is 1.00 bits per heavy atom. The van der Waals surface area contributed by atoms with Crippen LogP contribution in [0.2, 0.25) is 0 Å². The van der Waals surface area contributed by atoms with E-state index in [1.165, 1.54) is 16.7 Å². The predicted octanol–water partition coefficient (Wildman–Crippen LogP) is 3.26. The minimum absolute atomic E-state index is 0.202. The SMILES string of the molecule is CN1CC[C@@H]2CN(Cc3ccccc3-c3ccccc3)C[C@@H]2C1=O. The Hall–Kier alpha value is -2.13. The number of hydrogen-bond acceptors (Lipinski definition) is 2. The van der Waals surface area contributed by atoms with Gasteiger partial charge in [0.25, 0.3) is 0 Å². The lowest BCUT2D eigenvalue weighted by Gasteiger charge is -2.30. The smallest absolute Gasteiger partial charge is 0.227 e. The van der Waals surface area contributed by atoms with E-state index < -0.39 is 0 Å². The Morgan fingerprint density at radius 2 is 1.75 bits per heavy atom.